The van der Waals surface area contributed by atoms with Crippen LogP contribution in [0, 0.1) is 5.82 Å². The lowest BCUT2D eigenvalue weighted by molar-refractivity contribution is -0.141. The van der Waals surface area contributed by atoms with Gasteiger partial charge in [0.2, 0.25) is 0 Å². The third kappa shape index (κ3) is 4.21. The van der Waals surface area contributed by atoms with Crippen LogP contribution in [0.2, 0.25) is 5.02 Å². The van der Waals surface area contributed by atoms with Crippen molar-refractivity contribution in [2.75, 3.05) is 20.2 Å². The minimum atomic E-state index is -0.517. The average Bonchev–Trinajstić information content (AvgIpc) is 2.37. The predicted octanol–water partition coefficient (Wildman–Crippen LogP) is 2.50. The second kappa shape index (κ2) is 7.09. The predicted molar refractivity (Wildman–Crippen MR) is 69.6 cm³/mol. The van der Waals surface area contributed by atoms with E-state index in [2.05, 4.69) is 4.74 Å². The molecule has 1 aromatic carbocycles. The van der Waals surface area contributed by atoms with Crippen LogP contribution in [-0.4, -0.2) is 37.0 Å². The van der Waals surface area contributed by atoms with E-state index >= 15 is 0 Å². The molecule has 0 aliphatic rings. The maximum Gasteiger partial charge on any atom is 0.325 e. The van der Waals surface area contributed by atoms with E-state index in [1.165, 1.54) is 18.1 Å². The van der Waals surface area contributed by atoms with E-state index in [0.29, 0.717) is 13.0 Å². The standard InChI is InChI=1S/C13H15ClFNO3/c1-3-6-16(8-12(17)19-2)13(18)10-5-4-9(15)7-11(10)14/h4-5,7H,3,6,8H2,1-2H3. The zero-order chi connectivity index (χ0) is 14.4. The van der Waals surface area contributed by atoms with Gasteiger partial charge in [-0.3, -0.25) is 9.59 Å². The van der Waals surface area contributed by atoms with Crippen molar-refractivity contribution in [1.82, 2.24) is 4.90 Å². The molecule has 0 saturated heterocycles. The maximum absolute atomic E-state index is 12.9. The molecule has 0 radical (unpaired) electrons. The lowest BCUT2D eigenvalue weighted by atomic mass is 10.2. The van der Waals surface area contributed by atoms with Gasteiger partial charge in [0.25, 0.3) is 5.91 Å². The Morgan fingerprint density at radius 3 is 2.63 bits per heavy atom. The van der Waals surface area contributed by atoms with Crippen LogP contribution >= 0.6 is 11.6 Å². The summed E-state index contributed by atoms with van der Waals surface area (Å²) in [5.41, 5.74) is 0.167. The fraction of sp³-hybridized carbons (Fsp3) is 0.385. The largest absolute Gasteiger partial charge is 0.468 e. The molecule has 0 heterocycles. The number of rotatable bonds is 5. The number of nitrogens with zero attached hydrogens (tertiary/aromatic N) is 1. The second-order valence-electron chi connectivity index (χ2n) is 3.93. The van der Waals surface area contributed by atoms with Gasteiger partial charge in [-0.05, 0) is 24.6 Å². The first-order valence-corrected chi connectivity index (χ1v) is 6.18. The molecule has 0 aromatic heterocycles. The summed E-state index contributed by atoms with van der Waals surface area (Å²) in [6.45, 7) is 2.11. The second-order valence-corrected chi connectivity index (χ2v) is 4.33. The van der Waals surface area contributed by atoms with Gasteiger partial charge in [0, 0.05) is 6.54 Å². The summed E-state index contributed by atoms with van der Waals surface area (Å²) < 4.78 is 17.5. The lowest BCUT2D eigenvalue weighted by Gasteiger charge is -2.21. The molecule has 1 aromatic rings. The van der Waals surface area contributed by atoms with E-state index in [9.17, 15) is 14.0 Å². The number of methoxy groups -OCH3 is 1. The summed E-state index contributed by atoms with van der Waals surface area (Å²) >= 11 is 5.84. The van der Waals surface area contributed by atoms with E-state index in [4.69, 9.17) is 11.6 Å². The molecular weight excluding hydrogens is 273 g/mol. The first-order valence-electron chi connectivity index (χ1n) is 5.80. The molecule has 0 aliphatic carbocycles. The number of carbonyl (C=O) groups excluding carboxylic acids is 2. The van der Waals surface area contributed by atoms with E-state index in [1.54, 1.807) is 0 Å². The smallest absolute Gasteiger partial charge is 0.325 e. The molecule has 0 aliphatic heterocycles. The minimum absolute atomic E-state index is 0.0240. The molecule has 0 bridgehead atoms. The molecule has 0 fully saturated rings. The first-order chi connectivity index (χ1) is 8.99. The van der Waals surface area contributed by atoms with Crippen LogP contribution in [-0.2, 0) is 9.53 Å². The number of halogens is 2. The van der Waals surface area contributed by atoms with Gasteiger partial charge < -0.3 is 9.64 Å². The van der Waals surface area contributed by atoms with Gasteiger partial charge in [-0.25, -0.2) is 4.39 Å². The zero-order valence-corrected chi connectivity index (χ0v) is 11.5. The SMILES string of the molecule is CCCN(CC(=O)OC)C(=O)c1ccc(F)cc1Cl. The molecule has 0 atom stereocenters. The Balaban J connectivity index is 2.95. The minimum Gasteiger partial charge on any atom is -0.468 e. The highest BCUT2D eigenvalue weighted by atomic mass is 35.5. The van der Waals surface area contributed by atoms with Crippen molar-refractivity contribution in [3.8, 4) is 0 Å². The normalized spacial score (nSPS) is 10.1. The van der Waals surface area contributed by atoms with E-state index < -0.39 is 17.7 Å². The molecular formula is C13H15ClFNO3. The third-order valence-corrected chi connectivity index (χ3v) is 2.80. The molecule has 0 spiro atoms. The lowest BCUT2D eigenvalue weighted by Crippen LogP contribution is -2.37. The molecule has 4 nitrogen and oxygen atoms in total. The molecule has 0 saturated carbocycles. The number of hydrogen-bond donors (Lipinski definition) is 0. The summed E-state index contributed by atoms with van der Waals surface area (Å²) in [5, 5.41) is 0.0240. The van der Waals surface area contributed by atoms with Gasteiger partial charge in [-0.1, -0.05) is 18.5 Å². The Labute approximate surface area is 116 Å². The van der Waals surface area contributed by atoms with Gasteiger partial charge in [-0.2, -0.15) is 0 Å². The van der Waals surface area contributed by atoms with Gasteiger partial charge in [-0.15, -0.1) is 0 Å². The van der Waals surface area contributed by atoms with Crippen LogP contribution in [0.15, 0.2) is 18.2 Å². The summed E-state index contributed by atoms with van der Waals surface area (Å²) in [6, 6.07) is 3.53. The van der Waals surface area contributed by atoms with E-state index in [-0.39, 0.29) is 17.1 Å². The topological polar surface area (TPSA) is 46.6 Å². The van der Waals surface area contributed by atoms with Gasteiger partial charge >= 0.3 is 5.97 Å². The van der Waals surface area contributed by atoms with Crippen molar-refractivity contribution < 1.29 is 18.7 Å². The number of amides is 1. The van der Waals surface area contributed by atoms with E-state index in [0.717, 1.165) is 12.1 Å². The molecule has 0 unspecified atom stereocenters. The fourth-order valence-electron chi connectivity index (χ4n) is 1.58. The van der Waals surface area contributed by atoms with Crippen LogP contribution in [0.5, 0.6) is 0 Å². The molecule has 6 heteroatoms. The summed E-state index contributed by atoms with van der Waals surface area (Å²) in [7, 11) is 1.25. The number of hydrogen-bond acceptors (Lipinski definition) is 3. The number of esters is 1. The zero-order valence-electron chi connectivity index (χ0n) is 10.8. The van der Waals surface area contributed by atoms with Crippen molar-refractivity contribution >= 4 is 23.5 Å². The number of benzene rings is 1. The van der Waals surface area contributed by atoms with Crippen LogP contribution in [0.25, 0.3) is 0 Å². The van der Waals surface area contributed by atoms with E-state index in [1.807, 2.05) is 6.92 Å². The monoisotopic (exact) mass is 287 g/mol. The Kier molecular flexibility index (Phi) is 5.76. The molecule has 1 rings (SSSR count). The highest BCUT2D eigenvalue weighted by molar-refractivity contribution is 6.33. The molecule has 104 valence electrons. The fourth-order valence-corrected chi connectivity index (χ4v) is 1.82. The maximum atomic E-state index is 12.9. The van der Waals surface area contributed by atoms with Gasteiger partial charge in [0.15, 0.2) is 0 Å². The van der Waals surface area contributed by atoms with Crippen molar-refractivity contribution in [2.45, 2.75) is 13.3 Å². The molecule has 0 N–H and O–H groups in total. The van der Waals surface area contributed by atoms with Crippen LogP contribution in [0.1, 0.15) is 23.7 Å². The molecule has 19 heavy (non-hydrogen) atoms. The first kappa shape index (κ1) is 15.4. The van der Waals surface area contributed by atoms with Crippen molar-refractivity contribution in [2.24, 2.45) is 0 Å². The number of carbonyl (C=O) groups is 2. The highest BCUT2D eigenvalue weighted by Crippen LogP contribution is 2.19. The summed E-state index contributed by atoms with van der Waals surface area (Å²) in [5.74, 6) is -1.45. The van der Waals surface area contributed by atoms with Crippen molar-refractivity contribution in [3.05, 3.63) is 34.6 Å². The Hall–Kier alpha value is -1.62. The molecule has 1 amide bonds. The Morgan fingerprint density at radius 1 is 1.42 bits per heavy atom. The summed E-state index contributed by atoms with van der Waals surface area (Å²) in [6.07, 6.45) is 0.682. The Morgan fingerprint density at radius 2 is 2.11 bits per heavy atom. The van der Waals surface area contributed by atoms with Crippen LogP contribution < -0.4 is 0 Å². The quantitative estimate of drug-likeness (QED) is 0.782. The van der Waals surface area contributed by atoms with Crippen molar-refractivity contribution in [3.63, 3.8) is 0 Å². The number of ether oxygens (including phenoxy) is 1. The summed E-state index contributed by atoms with van der Waals surface area (Å²) in [4.78, 5) is 24.8. The van der Waals surface area contributed by atoms with Crippen LogP contribution in [0.4, 0.5) is 4.39 Å². The highest BCUT2D eigenvalue weighted by Gasteiger charge is 2.20. The van der Waals surface area contributed by atoms with Gasteiger partial charge in [0.05, 0.1) is 17.7 Å². The van der Waals surface area contributed by atoms with Crippen LogP contribution in [0.3, 0.4) is 0 Å². The van der Waals surface area contributed by atoms with Gasteiger partial charge in [0.1, 0.15) is 12.4 Å². The third-order valence-electron chi connectivity index (χ3n) is 2.49. The Bertz CT molecular complexity index is 479. The van der Waals surface area contributed by atoms with Crippen molar-refractivity contribution in [1.29, 1.82) is 0 Å². The average molecular weight is 288 g/mol.